The number of benzene rings is 1. The van der Waals surface area contributed by atoms with Crippen LogP contribution in [0.25, 0.3) is 0 Å². The molecule has 0 aliphatic carbocycles. The Balaban J connectivity index is 2.53. The van der Waals surface area contributed by atoms with Gasteiger partial charge in [-0.15, -0.1) is 0 Å². The molecule has 4 heteroatoms. The fraction of sp³-hybridized carbons (Fsp3) is 0.625. The van der Waals surface area contributed by atoms with Crippen molar-refractivity contribution in [1.29, 1.82) is 0 Å². The third kappa shape index (κ3) is 6.48. The van der Waals surface area contributed by atoms with E-state index in [1.165, 1.54) is 11.1 Å². The molecule has 0 heterocycles. The lowest BCUT2D eigenvalue weighted by atomic mass is 10.1. The van der Waals surface area contributed by atoms with E-state index >= 15 is 0 Å². The first-order valence-electron chi connectivity index (χ1n) is 7.38. The van der Waals surface area contributed by atoms with E-state index in [0.29, 0.717) is 19.3 Å². The van der Waals surface area contributed by atoms with Crippen LogP contribution in [0.5, 0.6) is 0 Å². The average Bonchev–Trinajstić information content (AvgIpc) is 2.48. The standard InChI is InChI=1S/C16H28N2O2/c1-3-20-12-15-8-5-4-7-14(15)11-18-16(13-19-2)9-6-10-17/h4-5,7-8,16,18H,3,6,9-13,17H2,1-2H3. The van der Waals surface area contributed by atoms with Crippen molar-refractivity contribution in [2.75, 3.05) is 26.9 Å². The molecule has 0 spiro atoms. The van der Waals surface area contributed by atoms with Crippen molar-refractivity contribution in [3.63, 3.8) is 0 Å². The highest BCUT2D eigenvalue weighted by Gasteiger charge is 2.09. The van der Waals surface area contributed by atoms with Crippen LogP contribution in [-0.2, 0) is 22.6 Å². The van der Waals surface area contributed by atoms with Gasteiger partial charge in [-0.25, -0.2) is 0 Å². The van der Waals surface area contributed by atoms with Gasteiger partial charge in [-0.2, -0.15) is 0 Å². The molecule has 0 aliphatic heterocycles. The summed E-state index contributed by atoms with van der Waals surface area (Å²) in [6, 6.07) is 8.74. The monoisotopic (exact) mass is 280 g/mol. The molecule has 3 N–H and O–H groups in total. The smallest absolute Gasteiger partial charge is 0.0719 e. The van der Waals surface area contributed by atoms with Gasteiger partial charge in [0, 0.05) is 26.3 Å². The third-order valence-electron chi connectivity index (χ3n) is 3.29. The van der Waals surface area contributed by atoms with E-state index in [9.17, 15) is 0 Å². The zero-order chi connectivity index (χ0) is 14.6. The number of ether oxygens (including phenoxy) is 2. The van der Waals surface area contributed by atoms with Gasteiger partial charge in [-0.05, 0) is 37.4 Å². The third-order valence-corrected chi connectivity index (χ3v) is 3.29. The van der Waals surface area contributed by atoms with E-state index in [1.54, 1.807) is 7.11 Å². The molecule has 1 aromatic rings. The number of nitrogens with two attached hydrogens (primary N) is 1. The maximum atomic E-state index is 5.57. The largest absolute Gasteiger partial charge is 0.383 e. The zero-order valence-electron chi connectivity index (χ0n) is 12.7. The lowest BCUT2D eigenvalue weighted by Gasteiger charge is -2.19. The molecular formula is C16H28N2O2. The van der Waals surface area contributed by atoms with E-state index < -0.39 is 0 Å². The minimum atomic E-state index is 0.351. The molecule has 0 saturated heterocycles. The summed E-state index contributed by atoms with van der Waals surface area (Å²) in [5.41, 5.74) is 8.11. The van der Waals surface area contributed by atoms with Crippen molar-refractivity contribution >= 4 is 0 Å². The minimum Gasteiger partial charge on any atom is -0.383 e. The number of hydrogen-bond donors (Lipinski definition) is 2. The maximum absolute atomic E-state index is 5.57. The molecule has 1 atom stereocenters. The van der Waals surface area contributed by atoms with Crippen LogP contribution in [0.2, 0.25) is 0 Å². The summed E-state index contributed by atoms with van der Waals surface area (Å²) in [5, 5.41) is 3.55. The quantitative estimate of drug-likeness (QED) is 0.651. The summed E-state index contributed by atoms with van der Waals surface area (Å²) in [4.78, 5) is 0. The lowest BCUT2D eigenvalue weighted by Crippen LogP contribution is -2.33. The highest BCUT2D eigenvalue weighted by molar-refractivity contribution is 5.26. The summed E-state index contributed by atoms with van der Waals surface area (Å²) >= 11 is 0. The van der Waals surface area contributed by atoms with Gasteiger partial charge in [-0.1, -0.05) is 24.3 Å². The first-order chi connectivity index (χ1) is 9.81. The van der Waals surface area contributed by atoms with Crippen molar-refractivity contribution in [2.45, 2.75) is 39.0 Å². The topological polar surface area (TPSA) is 56.5 Å². The van der Waals surface area contributed by atoms with E-state index in [0.717, 1.165) is 32.5 Å². The van der Waals surface area contributed by atoms with Crippen LogP contribution < -0.4 is 11.1 Å². The molecule has 1 rings (SSSR count). The molecule has 0 aromatic heterocycles. The Morgan fingerprint density at radius 3 is 2.65 bits per heavy atom. The van der Waals surface area contributed by atoms with Gasteiger partial charge in [0.15, 0.2) is 0 Å². The van der Waals surface area contributed by atoms with E-state index in [1.807, 2.05) is 6.92 Å². The minimum absolute atomic E-state index is 0.351. The van der Waals surface area contributed by atoms with Crippen molar-refractivity contribution in [1.82, 2.24) is 5.32 Å². The normalized spacial score (nSPS) is 12.6. The summed E-state index contributed by atoms with van der Waals surface area (Å²) in [5.74, 6) is 0. The van der Waals surface area contributed by atoms with E-state index in [4.69, 9.17) is 15.2 Å². The van der Waals surface area contributed by atoms with Crippen molar-refractivity contribution in [2.24, 2.45) is 5.73 Å². The van der Waals surface area contributed by atoms with Crippen molar-refractivity contribution < 1.29 is 9.47 Å². The van der Waals surface area contributed by atoms with E-state index in [-0.39, 0.29) is 0 Å². The van der Waals surface area contributed by atoms with Crippen molar-refractivity contribution in [3.05, 3.63) is 35.4 Å². The fourth-order valence-electron chi connectivity index (χ4n) is 2.15. The lowest BCUT2D eigenvalue weighted by molar-refractivity contribution is 0.133. The second kappa shape index (κ2) is 10.8. The van der Waals surface area contributed by atoms with Crippen molar-refractivity contribution in [3.8, 4) is 0 Å². The molecule has 0 aliphatic rings. The maximum Gasteiger partial charge on any atom is 0.0719 e. The van der Waals surface area contributed by atoms with Gasteiger partial charge >= 0.3 is 0 Å². The molecule has 20 heavy (non-hydrogen) atoms. The molecular weight excluding hydrogens is 252 g/mol. The van der Waals surface area contributed by atoms with E-state index in [2.05, 4.69) is 29.6 Å². The molecule has 114 valence electrons. The van der Waals surface area contributed by atoms with Crippen LogP contribution in [0.1, 0.15) is 30.9 Å². The molecule has 0 bridgehead atoms. The van der Waals surface area contributed by atoms with Gasteiger partial charge < -0.3 is 20.5 Å². The van der Waals surface area contributed by atoms with Crippen LogP contribution in [0.4, 0.5) is 0 Å². The Hall–Kier alpha value is -0.940. The predicted octanol–water partition coefficient (Wildman–Crippen LogP) is 2.07. The summed E-state index contributed by atoms with van der Waals surface area (Å²) < 4.78 is 10.8. The Kier molecular flexibility index (Phi) is 9.24. The second-order valence-corrected chi connectivity index (χ2v) is 4.87. The fourth-order valence-corrected chi connectivity index (χ4v) is 2.15. The van der Waals surface area contributed by atoms with Gasteiger partial charge in [0.05, 0.1) is 13.2 Å². The second-order valence-electron chi connectivity index (χ2n) is 4.87. The molecule has 0 saturated carbocycles. The van der Waals surface area contributed by atoms with Gasteiger partial charge in [0.2, 0.25) is 0 Å². The molecule has 0 fully saturated rings. The van der Waals surface area contributed by atoms with Crippen LogP contribution in [0, 0.1) is 0 Å². The van der Waals surface area contributed by atoms with Gasteiger partial charge in [0.1, 0.15) is 0 Å². The molecule has 4 nitrogen and oxygen atoms in total. The Bertz CT molecular complexity index is 358. The number of nitrogens with one attached hydrogen (secondary N) is 1. The SMILES string of the molecule is CCOCc1ccccc1CNC(CCCN)COC. The number of methoxy groups -OCH3 is 1. The number of rotatable bonds is 11. The Morgan fingerprint density at radius 2 is 2.00 bits per heavy atom. The predicted molar refractivity (Wildman–Crippen MR) is 82.6 cm³/mol. The Morgan fingerprint density at radius 1 is 1.25 bits per heavy atom. The van der Waals surface area contributed by atoms with Crippen LogP contribution in [0.3, 0.4) is 0 Å². The van der Waals surface area contributed by atoms with Crippen LogP contribution in [0.15, 0.2) is 24.3 Å². The Labute approximate surface area is 122 Å². The van der Waals surface area contributed by atoms with Gasteiger partial charge in [-0.3, -0.25) is 0 Å². The summed E-state index contributed by atoms with van der Waals surface area (Å²) in [6.45, 7) is 5.71. The summed E-state index contributed by atoms with van der Waals surface area (Å²) in [6.07, 6.45) is 2.06. The molecule has 0 radical (unpaired) electrons. The molecule has 0 amide bonds. The van der Waals surface area contributed by atoms with Crippen LogP contribution >= 0.6 is 0 Å². The molecule has 1 unspecified atom stereocenters. The van der Waals surface area contributed by atoms with Gasteiger partial charge in [0.25, 0.3) is 0 Å². The average molecular weight is 280 g/mol. The highest BCUT2D eigenvalue weighted by Crippen LogP contribution is 2.11. The van der Waals surface area contributed by atoms with Crippen LogP contribution in [-0.4, -0.2) is 32.9 Å². The summed E-state index contributed by atoms with van der Waals surface area (Å²) in [7, 11) is 1.74. The molecule has 1 aromatic carbocycles. The first-order valence-corrected chi connectivity index (χ1v) is 7.38. The zero-order valence-corrected chi connectivity index (χ0v) is 12.7. The number of hydrogen-bond acceptors (Lipinski definition) is 4. The first kappa shape index (κ1) is 17.1. The highest BCUT2D eigenvalue weighted by atomic mass is 16.5.